The Kier molecular flexibility index (Phi) is 5.15. The second kappa shape index (κ2) is 7.48. The fourth-order valence-electron chi connectivity index (χ4n) is 3.06. The van der Waals surface area contributed by atoms with Crippen LogP contribution in [0.3, 0.4) is 0 Å². The number of ether oxygens (including phenoxy) is 1. The van der Waals surface area contributed by atoms with Crippen LogP contribution in [0.15, 0.2) is 30.5 Å². The van der Waals surface area contributed by atoms with E-state index in [0.717, 1.165) is 63.1 Å². The molecule has 1 aromatic heterocycles. The van der Waals surface area contributed by atoms with E-state index in [0.29, 0.717) is 5.52 Å². The highest BCUT2D eigenvalue weighted by Crippen LogP contribution is 2.27. The van der Waals surface area contributed by atoms with Crippen LogP contribution in [0.25, 0.3) is 10.9 Å². The van der Waals surface area contributed by atoms with Crippen molar-refractivity contribution < 1.29 is 9.66 Å². The van der Waals surface area contributed by atoms with E-state index in [1.165, 1.54) is 0 Å². The third-order valence-electron chi connectivity index (χ3n) is 4.31. The van der Waals surface area contributed by atoms with E-state index in [2.05, 4.69) is 9.88 Å². The summed E-state index contributed by atoms with van der Waals surface area (Å²) < 4.78 is 5.35. The number of nitrogens with zero attached hydrogens (tertiary/aromatic N) is 3. The second-order valence-corrected chi connectivity index (χ2v) is 5.81. The van der Waals surface area contributed by atoms with Gasteiger partial charge < -0.3 is 4.74 Å². The predicted molar refractivity (Wildman–Crippen MR) is 88.6 cm³/mol. The van der Waals surface area contributed by atoms with Gasteiger partial charge in [0, 0.05) is 30.7 Å². The first kappa shape index (κ1) is 15.8. The number of non-ortho nitro benzene ring substituents is 1. The highest BCUT2D eigenvalue weighted by atomic mass is 16.6. The zero-order chi connectivity index (χ0) is 16.1. The molecule has 2 aromatic rings. The molecule has 0 atom stereocenters. The van der Waals surface area contributed by atoms with E-state index in [-0.39, 0.29) is 10.6 Å². The number of nitro benzene ring substituents is 1. The molecule has 1 aliphatic heterocycles. The van der Waals surface area contributed by atoms with Crippen LogP contribution in [0.5, 0.6) is 0 Å². The fourth-order valence-corrected chi connectivity index (χ4v) is 3.06. The van der Waals surface area contributed by atoms with E-state index in [9.17, 15) is 10.1 Å². The SMILES string of the molecule is O=[N+]([O-])c1ccc(CCCCN2CCOCC2)c2cccnc12. The van der Waals surface area contributed by atoms with Crippen molar-refractivity contribution in [3.05, 3.63) is 46.1 Å². The van der Waals surface area contributed by atoms with Gasteiger partial charge in [-0.1, -0.05) is 12.1 Å². The van der Waals surface area contributed by atoms with Crippen LogP contribution in [-0.2, 0) is 11.2 Å². The van der Waals surface area contributed by atoms with Crippen molar-refractivity contribution in [2.75, 3.05) is 32.8 Å². The molecule has 0 bridgehead atoms. The molecule has 0 unspecified atom stereocenters. The molecule has 1 aliphatic rings. The summed E-state index contributed by atoms with van der Waals surface area (Å²) in [6.45, 7) is 4.79. The Morgan fingerprint density at radius 2 is 2.04 bits per heavy atom. The minimum atomic E-state index is -0.364. The van der Waals surface area contributed by atoms with Crippen LogP contribution in [0.4, 0.5) is 5.69 Å². The lowest BCUT2D eigenvalue weighted by molar-refractivity contribution is -0.383. The smallest absolute Gasteiger partial charge is 0.295 e. The predicted octanol–water partition coefficient (Wildman–Crippen LogP) is 2.80. The van der Waals surface area contributed by atoms with Crippen molar-refractivity contribution in [3.8, 4) is 0 Å². The monoisotopic (exact) mass is 315 g/mol. The minimum absolute atomic E-state index is 0.0812. The van der Waals surface area contributed by atoms with Gasteiger partial charge in [0.2, 0.25) is 0 Å². The maximum Gasteiger partial charge on any atom is 0.295 e. The third kappa shape index (κ3) is 3.83. The quantitative estimate of drug-likeness (QED) is 0.466. The summed E-state index contributed by atoms with van der Waals surface area (Å²) >= 11 is 0. The van der Waals surface area contributed by atoms with Gasteiger partial charge in [0.15, 0.2) is 0 Å². The van der Waals surface area contributed by atoms with Gasteiger partial charge in [-0.05, 0) is 37.4 Å². The maximum atomic E-state index is 11.1. The highest BCUT2D eigenvalue weighted by molar-refractivity contribution is 5.89. The van der Waals surface area contributed by atoms with Gasteiger partial charge in [0.05, 0.1) is 18.1 Å². The van der Waals surface area contributed by atoms with Crippen LogP contribution in [0.1, 0.15) is 18.4 Å². The number of hydrogen-bond acceptors (Lipinski definition) is 5. The summed E-state index contributed by atoms with van der Waals surface area (Å²) in [6.07, 6.45) is 4.72. The molecule has 6 heteroatoms. The van der Waals surface area contributed by atoms with Crippen molar-refractivity contribution in [2.24, 2.45) is 0 Å². The molecule has 0 saturated carbocycles. The molecule has 0 radical (unpaired) electrons. The van der Waals surface area contributed by atoms with Crippen molar-refractivity contribution in [1.82, 2.24) is 9.88 Å². The highest BCUT2D eigenvalue weighted by Gasteiger charge is 2.15. The molecule has 0 N–H and O–H groups in total. The molecule has 0 spiro atoms. The van der Waals surface area contributed by atoms with Crippen LogP contribution >= 0.6 is 0 Å². The first-order valence-corrected chi connectivity index (χ1v) is 8.07. The number of benzene rings is 1. The Bertz CT molecular complexity index is 684. The van der Waals surface area contributed by atoms with E-state index in [1.807, 2.05) is 18.2 Å². The zero-order valence-corrected chi connectivity index (χ0v) is 13.1. The molecule has 122 valence electrons. The molecular formula is C17H21N3O3. The zero-order valence-electron chi connectivity index (χ0n) is 13.1. The summed E-state index contributed by atoms with van der Waals surface area (Å²) in [6, 6.07) is 7.21. The fraction of sp³-hybridized carbons (Fsp3) is 0.471. The second-order valence-electron chi connectivity index (χ2n) is 5.81. The lowest BCUT2D eigenvalue weighted by Crippen LogP contribution is -2.36. The average molecular weight is 315 g/mol. The van der Waals surface area contributed by atoms with Gasteiger partial charge in [0.1, 0.15) is 5.52 Å². The summed E-state index contributed by atoms with van der Waals surface area (Å²) in [4.78, 5) is 17.4. The third-order valence-corrected chi connectivity index (χ3v) is 4.31. The van der Waals surface area contributed by atoms with Gasteiger partial charge in [-0.15, -0.1) is 0 Å². The average Bonchev–Trinajstić information content (AvgIpc) is 2.59. The molecule has 0 aliphatic carbocycles. The van der Waals surface area contributed by atoms with Crippen molar-refractivity contribution in [2.45, 2.75) is 19.3 Å². The number of morpholine rings is 1. The molecule has 3 rings (SSSR count). The summed E-state index contributed by atoms with van der Waals surface area (Å²) in [7, 11) is 0. The van der Waals surface area contributed by atoms with E-state index in [4.69, 9.17) is 4.74 Å². The molecule has 1 aromatic carbocycles. The summed E-state index contributed by atoms with van der Waals surface area (Å²) in [5.41, 5.74) is 1.71. The van der Waals surface area contributed by atoms with Crippen LogP contribution < -0.4 is 0 Å². The van der Waals surface area contributed by atoms with Gasteiger partial charge in [-0.2, -0.15) is 0 Å². The van der Waals surface area contributed by atoms with Crippen LogP contribution in [0.2, 0.25) is 0 Å². The van der Waals surface area contributed by atoms with Gasteiger partial charge >= 0.3 is 0 Å². The van der Waals surface area contributed by atoms with Crippen LogP contribution in [-0.4, -0.2) is 47.7 Å². The van der Waals surface area contributed by atoms with E-state index < -0.39 is 0 Å². The Balaban J connectivity index is 1.64. The summed E-state index contributed by atoms with van der Waals surface area (Å²) in [5.74, 6) is 0. The largest absolute Gasteiger partial charge is 0.379 e. The van der Waals surface area contributed by atoms with Crippen LogP contribution in [0, 0.1) is 10.1 Å². The topological polar surface area (TPSA) is 68.5 Å². The molecular weight excluding hydrogens is 294 g/mol. The molecule has 2 heterocycles. The van der Waals surface area contributed by atoms with Crippen molar-refractivity contribution >= 4 is 16.6 Å². The molecule has 23 heavy (non-hydrogen) atoms. The number of aryl methyl sites for hydroxylation is 1. The first-order chi connectivity index (χ1) is 11.3. The van der Waals surface area contributed by atoms with E-state index in [1.54, 1.807) is 12.3 Å². The van der Waals surface area contributed by atoms with E-state index >= 15 is 0 Å². The number of nitro groups is 1. The number of fused-ring (bicyclic) bond motifs is 1. The lowest BCUT2D eigenvalue weighted by Gasteiger charge is -2.26. The normalized spacial score (nSPS) is 15.8. The van der Waals surface area contributed by atoms with Crippen molar-refractivity contribution in [1.29, 1.82) is 0 Å². The first-order valence-electron chi connectivity index (χ1n) is 8.07. The molecule has 6 nitrogen and oxygen atoms in total. The molecule has 1 fully saturated rings. The minimum Gasteiger partial charge on any atom is -0.379 e. The number of rotatable bonds is 6. The lowest BCUT2D eigenvalue weighted by atomic mass is 10.0. The summed E-state index contributed by atoms with van der Waals surface area (Å²) in [5, 5.41) is 12.0. The Labute approximate surface area is 135 Å². The Morgan fingerprint density at radius 3 is 2.83 bits per heavy atom. The maximum absolute atomic E-state index is 11.1. The number of aromatic nitrogens is 1. The Morgan fingerprint density at radius 1 is 1.22 bits per heavy atom. The number of hydrogen-bond donors (Lipinski definition) is 0. The van der Waals surface area contributed by atoms with Gasteiger partial charge in [-0.25, -0.2) is 4.98 Å². The van der Waals surface area contributed by atoms with Gasteiger partial charge in [0.25, 0.3) is 5.69 Å². The van der Waals surface area contributed by atoms with Gasteiger partial charge in [-0.3, -0.25) is 15.0 Å². The molecule has 0 amide bonds. The Hall–Kier alpha value is -2.05. The van der Waals surface area contributed by atoms with Crippen molar-refractivity contribution in [3.63, 3.8) is 0 Å². The molecule has 1 saturated heterocycles. The number of unbranched alkanes of at least 4 members (excludes halogenated alkanes) is 1. The number of pyridine rings is 1. The standard InChI is InChI=1S/C17H21N3O3/c21-20(22)16-7-6-14(15-5-3-8-18-17(15)16)4-1-2-9-19-10-12-23-13-11-19/h3,5-8H,1-2,4,9-13H2.